The number of fused-ring (bicyclic) bond motifs is 1. The van der Waals surface area contributed by atoms with Crippen molar-refractivity contribution in [2.24, 2.45) is 40.4 Å². The van der Waals surface area contributed by atoms with Gasteiger partial charge in [0, 0.05) is 31.6 Å². The van der Waals surface area contributed by atoms with Crippen molar-refractivity contribution in [3.05, 3.63) is 11.6 Å². The fourth-order valence-corrected chi connectivity index (χ4v) is 7.94. The van der Waals surface area contributed by atoms with Gasteiger partial charge >= 0.3 is 11.9 Å². The summed E-state index contributed by atoms with van der Waals surface area (Å²) in [7, 11) is 0. The molecule has 8 atom stereocenters. The van der Waals surface area contributed by atoms with Gasteiger partial charge in [-0.15, -0.1) is 0 Å². The lowest BCUT2D eigenvalue weighted by Gasteiger charge is -2.50. The van der Waals surface area contributed by atoms with Gasteiger partial charge in [0.25, 0.3) is 0 Å². The molecule has 0 unspecified atom stereocenters. The van der Waals surface area contributed by atoms with Gasteiger partial charge in [0.05, 0.1) is 0 Å². The molecule has 37 heavy (non-hydrogen) atoms. The summed E-state index contributed by atoms with van der Waals surface area (Å²) in [5, 5.41) is 0. The van der Waals surface area contributed by atoms with E-state index in [-0.39, 0.29) is 41.1 Å². The van der Waals surface area contributed by atoms with E-state index in [0.717, 1.165) is 31.1 Å². The van der Waals surface area contributed by atoms with Crippen LogP contribution in [0.1, 0.15) is 106 Å². The van der Waals surface area contributed by atoms with Gasteiger partial charge in [0.1, 0.15) is 18.5 Å². The zero-order valence-corrected chi connectivity index (χ0v) is 24.0. The number of allylic oxidation sites excluding steroid dienone is 1. The molecule has 0 saturated heterocycles. The van der Waals surface area contributed by atoms with Crippen molar-refractivity contribution in [1.82, 2.24) is 0 Å². The summed E-state index contributed by atoms with van der Waals surface area (Å²) in [6.07, 6.45) is 9.58. The van der Waals surface area contributed by atoms with Crippen molar-refractivity contribution >= 4 is 24.0 Å². The highest BCUT2D eigenvalue weighted by Crippen LogP contribution is 2.59. The van der Waals surface area contributed by atoms with Crippen LogP contribution in [0.2, 0.25) is 0 Å². The van der Waals surface area contributed by atoms with Crippen molar-refractivity contribution < 1.29 is 28.7 Å². The molecule has 0 amide bonds. The number of hydrogen-bond acceptors (Lipinski definition) is 6. The molecule has 0 heterocycles. The van der Waals surface area contributed by atoms with Crippen molar-refractivity contribution in [3.8, 4) is 0 Å². The number of hydrogen-bond donors (Lipinski definition) is 0. The molecule has 0 radical (unpaired) electrons. The lowest BCUT2D eigenvalue weighted by Crippen LogP contribution is -2.53. The van der Waals surface area contributed by atoms with E-state index in [1.807, 2.05) is 13.0 Å². The van der Waals surface area contributed by atoms with Gasteiger partial charge in [0.2, 0.25) is 0 Å². The molecule has 3 aliphatic carbocycles. The van der Waals surface area contributed by atoms with E-state index in [0.29, 0.717) is 43.4 Å². The van der Waals surface area contributed by atoms with Crippen molar-refractivity contribution in [1.29, 1.82) is 0 Å². The molecule has 2 saturated carbocycles. The molecule has 3 rings (SSSR count). The molecule has 0 aromatic rings. The lowest BCUT2D eigenvalue weighted by molar-refractivity contribution is -0.164. The minimum absolute atomic E-state index is 0.0372. The minimum atomic E-state index is -0.691. The molecule has 0 aromatic heterocycles. The first-order valence-corrected chi connectivity index (χ1v) is 14.4. The second-order valence-corrected chi connectivity index (χ2v) is 13.0. The monoisotopic (exact) mass is 516 g/mol. The first kappa shape index (κ1) is 29.6. The molecule has 6 heteroatoms. The Kier molecular flexibility index (Phi) is 9.45. The smallest absolute Gasteiger partial charge is 0.303 e. The Bertz CT molecular complexity index is 905. The summed E-state index contributed by atoms with van der Waals surface area (Å²) in [4.78, 5) is 49.9. The Morgan fingerprint density at radius 1 is 1.05 bits per heavy atom. The highest BCUT2D eigenvalue weighted by molar-refractivity contribution is 6.02. The number of aldehydes is 1. The zero-order chi connectivity index (χ0) is 27.5. The minimum Gasteiger partial charge on any atom is -0.463 e. The number of carbonyl (C=O) groups excluding carboxylic acids is 4. The summed E-state index contributed by atoms with van der Waals surface area (Å²) < 4.78 is 11.3. The van der Waals surface area contributed by atoms with E-state index in [9.17, 15) is 19.2 Å². The van der Waals surface area contributed by atoms with Crippen LogP contribution in [0.4, 0.5) is 0 Å². The van der Waals surface area contributed by atoms with Crippen LogP contribution in [0.3, 0.4) is 0 Å². The molecular formula is C31H48O6. The maximum absolute atomic E-state index is 14.2. The molecule has 2 fully saturated rings. The van der Waals surface area contributed by atoms with E-state index < -0.39 is 11.5 Å². The average molecular weight is 517 g/mol. The second-order valence-electron chi connectivity index (χ2n) is 13.0. The maximum atomic E-state index is 14.2. The molecular weight excluding hydrogens is 468 g/mol. The van der Waals surface area contributed by atoms with E-state index in [1.165, 1.54) is 26.7 Å². The largest absolute Gasteiger partial charge is 0.463 e. The van der Waals surface area contributed by atoms with E-state index in [1.54, 1.807) is 0 Å². The number of ether oxygens (including phenoxy) is 2. The third kappa shape index (κ3) is 6.20. The van der Waals surface area contributed by atoms with Gasteiger partial charge in [-0.2, -0.15) is 0 Å². The van der Waals surface area contributed by atoms with Gasteiger partial charge in [-0.3, -0.25) is 14.4 Å². The van der Waals surface area contributed by atoms with Crippen molar-refractivity contribution in [3.63, 3.8) is 0 Å². The van der Waals surface area contributed by atoms with Gasteiger partial charge in [-0.25, -0.2) is 0 Å². The molecule has 208 valence electrons. The molecule has 0 spiro atoms. The predicted molar refractivity (Wildman–Crippen MR) is 143 cm³/mol. The Labute approximate surface area is 223 Å². The number of carbonyl (C=O) groups is 4. The van der Waals surface area contributed by atoms with Crippen LogP contribution in [0.25, 0.3) is 0 Å². The molecule has 0 bridgehead atoms. The van der Waals surface area contributed by atoms with Gasteiger partial charge in [-0.05, 0) is 72.8 Å². The zero-order valence-electron chi connectivity index (χ0n) is 24.0. The molecule has 3 aliphatic rings. The maximum Gasteiger partial charge on any atom is 0.303 e. The van der Waals surface area contributed by atoms with Crippen molar-refractivity contribution in [2.45, 2.75) is 118 Å². The van der Waals surface area contributed by atoms with E-state index in [4.69, 9.17) is 9.47 Å². The summed E-state index contributed by atoms with van der Waals surface area (Å²) in [6, 6.07) is 0. The van der Waals surface area contributed by atoms with Crippen LogP contribution in [0.15, 0.2) is 11.6 Å². The van der Waals surface area contributed by atoms with Gasteiger partial charge in [0.15, 0.2) is 5.78 Å². The van der Waals surface area contributed by atoms with Crippen LogP contribution in [0, 0.1) is 40.4 Å². The predicted octanol–water partition coefficient (Wildman–Crippen LogP) is 6.25. The standard InChI is InChI=1S/C31H48O6/c1-19(2)9-8-10-20(3)25-11-12-26(30(25,6)15-16-32)24-18-28(37-22(5)34)27-17-23(36-21(4)33)13-14-31(27,7)29(24)35/h16,18-20,23,25-28H,8-15,17H2,1-7H3/t20-,23+,25-,26+,27-,28+,30-,31+/m1/s1. The Hall–Kier alpha value is -1.98. The first-order chi connectivity index (χ1) is 17.3. The number of esters is 2. The van der Waals surface area contributed by atoms with Crippen LogP contribution in [-0.2, 0) is 28.7 Å². The first-order valence-electron chi connectivity index (χ1n) is 14.4. The normalized spacial score (nSPS) is 36.5. The fraction of sp³-hybridized carbons (Fsp3) is 0.806. The summed E-state index contributed by atoms with van der Waals surface area (Å²) in [5.74, 6) is 0.640. The van der Waals surface area contributed by atoms with Crippen LogP contribution < -0.4 is 0 Å². The molecule has 0 aromatic carbocycles. The van der Waals surface area contributed by atoms with E-state index >= 15 is 0 Å². The SMILES string of the molecule is CC(=O)O[C@H]1CC[C@]2(C)C(=O)C([C@@H]3CC[C@H]([C@H](C)CCCC(C)C)[C@@]3(C)CC=O)=C[C@H](OC(C)=O)[C@H]2C1. The van der Waals surface area contributed by atoms with Gasteiger partial charge < -0.3 is 14.3 Å². The quantitative estimate of drug-likeness (QED) is 0.252. The van der Waals surface area contributed by atoms with Crippen LogP contribution >= 0.6 is 0 Å². The molecule has 0 aliphatic heterocycles. The van der Waals surface area contributed by atoms with Crippen LogP contribution in [0.5, 0.6) is 0 Å². The molecule has 6 nitrogen and oxygen atoms in total. The highest BCUT2D eigenvalue weighted by Gasteiger charge is 2.58. The number of rotatable bonds is 10. The number of Topliss-reactive ketones (excluding diaryl/α,β-unsaturated/α-hetero) is 1. The number of ketones is 1. The topological polar surface area (TPSA) is 86.7 Å². The molecule has 0 N–H and O–H groups in total. The summed E-state index contributed by atoms with van der Waals surface area (Å²) in [5.41, 5.74) is -0.249. The van der Waals surface area contributed by atoms with Crippen LogP contribution in [-0.4, -0.2) is 36.2 Å². The van der Waals surface area contributed by atoms with Crippen molar-refractivity contribution in [2.75, 3.05) is 0 Å². The average Bonchev–Trinajstić information content (AvgIpc) is 3.12. The Morgan fingerprint density at radius 3 is 2.32 bits per heavy atom. The Morgan fingerprint density at radius 2 is 1.73 bits per heavy atom. The lowest BCUT2D eigenvalue weighted by atomic mass is 9.55. The third-order valence-electron chi connectivity index (χ3n) is 9.91. The highest BCUT2D eigenvalue weighted by atomic mass is 16.5. The fourth-order valence-electron chi connectivity index (χ4n) is 7.94. The van der Waals surface area contributed by atoms with Gasteiger partial charge in [-0.1, -0.05) is 53.9 Å². The summed E-state index contributed by atoms with van der Waals surface area (Å²) in [6.45, 7) is 13.8. The second kappa shape index (κ2) is 11.8. The Balaban J connectivity index is 1.94. The van der Waals surface area contributed by atoms with E-state index in [2.05, 4.69) is 27.7 Å². The summed E-state index contributed by atoms with van der Waals surface area (Å²) >= 11 is 0. The third-order valence-corrected chi connectivity index (χ3v) is 9.91.